The van der Waals surface area contributed by atoms with Gasteiger partial charge < -0.3 is 4.74 Å². The number of ketones is 1. The highest BCUT2D eigenvalue weighted by atomic mass is 79.9. The summed E-state index contributed by atoms with van der Waals surface area (Å²) in [7, 11) is 0. The molecule has 2 nitrogen and oxygen atoms in total. The van der Waals surface area contributed by atoms with E-state index in [9.17, 15) is 4.79 Å². The van der Waals surface area contributed by atoms with Gasteiger partial charge in [-0.3, -0.25) is 4.79 Å². The molecule has 1 aliphatic rings. The molecule has 0 amide bonds. The molecule has 0 spiro atoms. The van der Waals surface area contributed by atoms with Crippen LogP contribution in [-0.4, -0.2) is 5.78 Å². The molecule has 0 bridgehead atoms. The van der Waals surface area contributed by atoms with E-state index in [1.807, 2.05) is 11.4 Å². The van der Waals surface area contributed by atoms with Crippen LogP contribution in [0.5, 0.6) is 5.75 Å². The van der Waals surface area contributed by atoms with E-state index in [0.717, 1.165) is 9.35 Å². The summed E-state index contributed by atoms with van der Waals surface area (Å²) in [5, 5.41) is 2.53. The zero-order chi connectivity index (χ0) is 12.7. The van der Waals surface area contributed by atoms with E-state index in [4.69, 9.17) is 16.3 Å². The van der Waals surface area contributed by atoms with Crippen LogP contribution in [-0.2, 0) is 0 Å². The maximum atomic E-state index is 12.1. The summed E-state index contributed by atoms with van der Waals surface area (Å²) < 4.78 is 6.87. The molecule has 0 aliphatic carbocycles. The van der Waals surface area contributed by atoms with Crippen molar-refractivity contribution in [3.63, 3.8) is 0 Å². The lowest BCUT2D eigenvalue weighted by Crippen LogP contribution is -2.19. The molecule has 1 atom stereocenters. The number of ether oxygens (including phenoxy) is 1. The van der Waals surface area contributed by atoms with Crippen LogP contribution in [0.3, 0.4) is 0 Å². The fourth-order valence-corrected chi connectivity index (χ4v) is 3.81. The van der Waals surface area contributed by atoms with Gasteiger partial charge in [-0.15, -0.1) is 11.3 Å². The second kappa shape index (κ2) is 4.68. The van der Waals surface area contributed by atoms with Crippen molar-refractivity contribution in [3.05, 3.63) is 49.6 Å². The van der Waals surface area contributed by atoms with Crippen molar-refractivity contribution >= 4 is 44.7 Å². The molecule has 1 aromatic heterocycles. The molecular weight excluding hydrogens is 336 g/mol. The number of halogens is 2. The van der Waals surface area contributed by atoms with E-state index < -0.39 is 0 Å². The Balaban J connectivity index is 2.00. The van der Waals surface area contributed by atoms with Crippen molar-refractivity contribution in [3.8, 4) is 5.75 Å². The van der Waals surface area contributed by atoms with Gasteiger partial charge in [-0.05, 0) is 45.6 Å². The smallest absolute Gasteiger partial charge is 0.170 e. The number of fused-ring (bicyclic) bond motifs is 1. The minimum Gasteiger partial charge on any atom is -0.484 e. The third-order valence-corrected chi connectivity index (χ3v) is 5.02. The quantitative estimate of drug-likeness (QED) is 0.738. The van der Waals surface area contributed by atoms with Gasteiger partial charge in [0.25, 0.3) is 0 Å². The van der Waals surface area contributed by atoms with Crippen LogP contribution >= 0.6 is 38.9 Å². The highest BCUT2D eigenvalue weighted by molar-refractivity contribution is 9.10. The summed E-state index contributed by atoms with van der Waals surface area (Å²) in [4.78, 5) is 13.2. The van der Waals surface area contributed by atoms with Gasteiger partial charge in [0.15, 0.2) is 5.78 Å². The van der Waals surface area contributed by atoms with Crippen LogP contribution in [0.15, 0.2) is 34.1 Å². The Morgan fingerprint density at radius 1 is 1.39 bits per heavy atom. The molecule has 0 saturated heterocycles. The number of hydrogen-bond donors (Lipinski definition) is 0. The average molecular weight is 344 g/mol. The Hall–Kier alpha value is -0.840. The molecule has 92 valence electrons. The first-order chi connectivity index (χ1) is 8.65. The van der Waals surface area contributed by atoms with Crippen molar-refractivity contribution in [2.45, 2.75) is 12.5 Å². The van der Waals surface area contributed by atoms with Gasteiger partial charge in [-0.2, -0.15) is 0 Å². The zero-order valence-electron chi connectivity index (χ0n) is 9.15. The van der Waals surface area contributed by atoms with Crippen molar-refractivity contribution in [2.24, 2.45) is 0 Å². The zero-order valence-corrected chi connectivity index (χ0v) is 12.3. The van der Waals surface area contributed by atoms with Crippen LogP contribution in [0.2, 0.25) is 5.02 Å². The number of Topliss-reactive ketones (excluding diaryl/α,β-unsaturated/α-hetero) is 1. The minimum absolute atomic E-state index is 0.0732. The number of thiophene rings is 1. The van der Waals surface area contributed by atoms with Gasteiger partial charge in [0.2, 0.25) is 0 Å². The molecule has 18 heavy (non-hydrogen) atoms. The maximum Gasteiger partial charge on any atom is 0.170 e. The molecule has 0 N–H and O–H groups in total. The maximum absolute atomic E-state index is 12.1. The first kappa shape index (κ1) is 12.2. The van der Waals surface area contributed by atoms with Crippen molar-refractivity contribution < 1.29 is 9.53 Å². The monoisotopic (exact) mass is 342 g/mol. The van der Waals surface area contributed by atoms with Gasteiger partial charge in [0.1, 0.15) is 11.9 Å². The van der Waals surface area contributed by atoms with Gasteiger partial charge in [-0.25, -0.2) is 0 Å². The minimum atomic E-state index is -0.208. The summed E-state index contributed by atoms with van der Waals surface area (Å²) >= 11 is 10.9. The number of carbonyl (C=O) groups is 1. The Morgan fingerprint density at radius 2 is 2.22 bits per heavy atom. The van der Waals surface area contributed by atoms with Gasteiger partial charge in [0, 0.05) is 9.50 Å². The number of benzene rings is 1. The largest absolute Gasteiger partial charge is 0.484 e. The van der Waals surface area contributed by atoms with Crippen molar-refractivity contribution in [2.75, 3.05) is 0 Å². The van der Waals surface area contributed by atoms with Crippen LogP contribution in [0.1, 0.15) is 27.8 Å². The first-order valence-corrected chi connectivity index (χ1v) is 7.42. The van der Waals surface area contributed by atoms with Crippen molar-refractivity contribution in [1.29, 1.82) is 0 Å². The third kappa shape index (κ3) is 2.09. The van der Waals surface area contributed by atoms with E-state index in [1.54, 1.807) is 29.5 Å². The summed E-state index contributed by atoms with van der Waals surface area (Å²) in [6, 6.07) is 7.12. The van der Waals surface area contributed by atoms with Crippen LogP contribution in [0, 0.1) is 0 Å². The summed E-state index contributed by atoms with van der Waals surface area (Å²) in [6.07, 6.45) is 0.146. The molecule has 0 radical (unpaired) electrons. The lowest BCUT2D eigenvalue weighted by molar-refractivity contribution is 0.0853. The SMILES string of the molecule is O=C1CC(c2sccc2Br)Oc2ccc(Cl)cc21. The van der Waals surface area contributed by atoms with E-state index in [1.165, 1.54) is 0 Å². The molecular formula is C13H8BrClO2S. The highest BCUT2D eigenvalue weighted by Gasteiger charge is 2.29. The Bertz CT molecular complexity index is 623. The molecule has 2 aromatic rings. The van der Waals surface area contributed by atoms with Crippen LogP contribution in [0.4, 0.5) is 0 Å². The number of hydrogen-bond acceptors (Lipinski definition) is 3. The normalized spacial score (nSPS) is 18.3. The van der Waals surface area contributed by atoms with E-state index in [2.05, 4.69) is 15.9 Å². The number of rotatable bonds is 1. The number of carbonyl (C=O) groups excluding carboxylic acids is 1. The van der Waals surface area contributed by atoms with E-state index in [-0.39, 0.29) is 11.9 Å². The molecule has 0 saturated carbocycles. The summed E-state index contributed by atoms with van der Waals surface area (Å²) in [5.41, 5.74) is 0.575. The summed E-state index contributed by atoms with van der Waals surface area (Å²) in [5.74, 6) is 0.685. The van der Waals surface area contributed by atoms with E-state index >= 15 is 0 Å². The summed E-state index contributed by atoms with van der Waals surface area (Å²) in [6.45, 7) is 0. The molecule has 2 heterocycles. The van der Waals surface area contributed by atoms with Gasteiger partial charge in [0.05, 0.1) is 16.9 Å². The fourth-order valence-electron chi connectivity index (χ4n) is 1.98. The average Bonchev–Trinajstić information content (AvgIpc) is 2.76. The first-order valence-electron chi connectivity index (χ1n) is 5.37. The standard InChI is InChI=1S/C13H8BrClO2S/c14-9-3-4-18-13(9)12-6-10(16)8-5-7(15)1-2-11(8)17-12/h1-5,12H,6H2. The third-order valence-electron chi connectivity index (χ3n) is 2.82. The van der Waals surface area contributed by atoms with E-state index in [0.29, 0.717) is 22.8 Å². The van der Waals surface area contributed by atoms with Gasteiger partial charge in [-0.1, -0.05) is 11.6 Å². The van der Waals surface area contributed by atoms with Gasteiger partial charge >= 0.3 is 0 Å². The Morgan fingerprint density at radius 3 is 2.94 bits per heavy atom. The predicted octanol–water partition coefficient (Wildman–Crippen LogP) is 4.87. The second-order valence-corrected chi connectivity index (χ2v) is 6.25. The Labute approximate surface area is 122 Å². The lowest BCUT2D eigenvalue weighted by atomic mass is 10.00. The lowest BCUT2D eigenvalue weighted by Gasteiger charge is -2.24. The van der Waals surface area contributed by atoms with Crippen LogP contribution in [0.25, 0.3) is 0 Å². The molecule has 1 unspecified atom stereocenters. The molecule has 0 fully saturated rings. The second-order valence-electron chi connectivity index (χ2n) is 4.01. The van der Waals surface area contributed by atoms with Crippen LogP contribution < -0.4 is 4.74 Å². The molecule has 3 rings (SSSR count). The topological polar surface area (TPSA) is 26.3 Å². The Kier molecular flexibility index (Phi) is 3.18. The van der Waals surface area contributed by atoms with Crippen molar-refractivity contribution in [1.82, 2.24) is 0 Å². The molecule has 1 aromatic carbocycles. The predicted molar refractivity (Wildman–Crippen MR) is 75.8 cm³/mol. The fraction of sp³-hybridized carbons (Fsp3) is 0.154. The molecule has 5 heteroatoms. The molecule has 1 aliphatic heterocycles. The highest BCUT2D eigenvalue weighted by Crippen LogP contribution is 2.40.